The number of nitrogens with one attached hydrogen (secondary N) is 2. The van der Waals surface area contributed by atoms with Crippen molar-refractivity contribution in [2.24, 2.45) is 11.7 Å². The minimum atomic E-state index is -1.11. The topological polar surface area (TPSA) is 159 Å². The molecule has 4 amide bonds. The number of piperidine rings is 1. The van der Waals surface area contributed by atoms with Crippen molar-refractivity contribution < 1.29 is 29.1 Å². The van der Waals surface area contributed by atoms with Crippen LogP contribution in [0.25, 0.3) is 0 Å². The number of carbonyl (C=O) groups is 5. The number of hydrogen-bond acceptors (Lipinski definition) is 6. The van der Waals surface area contributed by atoms with Gasteiger partial charge in [0.25, 0.3) is 0 Å². The van der Waals surface area contributed by atoms with Gasteiger partial charge in [0.15, 0.2) is 0 Å². The SMILES string of the molecule is CC(C)[C@@H](NC(=O)[C@H]1C[C@@H](NC(=O)Cc2cccs2)CCN1C(=O)CCC(=O)O)C(N)=O. The van der Waals surface area contributed by atoms with Crippen LogP contribution in [0.2, 0.25) is 0 Å². The van der Waals surface area contributed by atoms with E-state index in [9.17, 15) is 24.0 Å². The smallest absolute Gasteiger partial charge is 0.303 e. The number of carbonyl (C=O) groups excluding carboxylic acids is 4. The van der Waals surface area contributed by atoms with Gasteiger partial charge >= 0.3 is 5.97 Å². The Balaban J connectivity index is 2.11. The lowest BCUT2D eigenvalue weighted by molar-refractivity contribution is -0.146. The molecule has 1 aliphatic rings. The maximum absolute atomic E-state index is 13.0. The third kappa shape index (κ3) is 7.33. The molecule has 1 aromatic rings. The van der Waals surface area contributed by atoms with Crippen LogP contribution in [0.15, 0.2) is 17.5 Å². The average Bonchev–Trinajstić information content (AvgIpc) is 3.22. The van der Waals surface area contributed by atoms with Crippen molar-refractivity contribution in [2.45, 2.75) is 64.1 Å². The van der Waals surface area contributed by atoms with Crippen LogP contribution >= 0.6 is 11.3 Å². The number of amides is 4. The van der Waals surface area contributed by atoms with E-state index in [-0.39, 0.29) is 50.1 Å². The van der Waals surface area contributed by atoms with Crippen LogP contribution in [0.5, 0.6) is 0 Å². The number of primary amides is 1. The molecule has 5 N–H and O–H groups in total. The van der Waals surface area contributed by atoms with Gasteiger partial charge in [-0.25, -0.2) is 0 Å². The quantitative estimate of drug-likeness (QED) is 0.387. The lowest BCUT2D eigenvalue weighted by Crippen LogP contribution is -2.60. The van der Waals surface area contributed by atoms with Crippen molar-refractivity contribution in [3.8, 4) is 0 Å². The van der Waals surface area contributed by atoms with E-state index in [0.29, 0.717) is 6.42 Å². The predicted molar refractivity (Wildman–Crippen MR) is 118 cm³/mol. The maximum Gasteiger partial charge on any atom is 0.303 e. The van der Waals surface area contributed by atoms with E-state index < -0.39 is 35.8 Å². The van der Waals surface area contributed by atoms with Crippen LogP contribution < -0.4 is 16.4 Å². The highest BCUT2D eigenvalue weighted by Crippen LogP contribution is 2.21. The van der Waals surface area contributed by atoms with Crippen molar-refractivity contribution in [3.63, 3.8) is 0 Å². The molecule has 3 atom stereocenters. The van der Waals surface area contributed by atoms with E-state index in [2.05, 4.69) is 10.6 Å². The van der Waals surface area contributed by atoms with Gasteiger partial charge in [-0.3, -0.25) is 24.0 Å². The molecule has 0 unspecified atom stereocenters. The van der Waals surface area contributed by atoms with Gasteiger partial charge in [-0.15, -0.1) is 11.3 Å². The molecule has 0 bridgehead atoms. The Bertz CT molecular complexity index is 841. The van der Waals surface area contributed by atoms with Gasteiger partial charge < -0.3 is 26.4 Å². The highest BCUT2D eigenvalue weighted by atomic mass is 32.1. The van der Waals surface area contributed by atoms with Crippen molar-refractivity contribution in [3.05, 3.63) is 22.4 Å². The molecule has 0 spiro atoms. The van der Waals surface area contributed by atoms with Gasteiger partial charge in [0.2, 0.25) is 23.6 Å². The molecule has 0 aliphatic carbocycles. The summed E-state index contributed by atoms with van der Waals surface area (Å²) in [5.41, 5.74) is 5.39. The summed E-state index contributed by atoms with van der Waals surface area (Å²) in [6.45, 7) is 3.66. The Morgan fingerprint density at radius 1 is 1.25 bits per heavy atom. The molecule has 2 rings (SSSR count). The monoisotopic (exact) mass is 466 g/mol. The summed E-state index contributed by atoms with van der Waals surface area (Å²) in [4.78, 5) is 62.8. The van der Waals surface area contributed by atoms with Crippen LogP contribution in [0, 0.1) is 5.92 Å². The summed E-state index contributed by atoms with van der Waals surface area (Å²) >= 11 is 1.47. The zero-order valence-electron chi connectivity index (χ0n) is 18.2. The Hall–Kier alpha value is -2.95. The van der Waals surface area contributed by atoms with E-state index in [4.69, 9.17) is 10.8 Å². The van der Waals surface area contributed by atoms with Gasteiger partial charge in [-0.2, -0.15) is 0 Å². The summed E-state index contributed by atoms with van der Waals surface area (Å²) in [6, 6.07) is 1.52. The second-order valence-corrected chi connectivity index (χ2v) is 9.21. The second kappa shape index (κ2) is 11.6. The summed E-state index contributed by atoms with van der Waals surface area (Å²) in [7, 11) is 0. The van der Waals surface area contributed by atoms with Gasteiger partial charge in [0.05, 0.1) is 12.8 Å². The lowest BCUT2D eigenvalue weighted by atomic mass is 9.94. The number of aliphatic carboxylic acids is 1. The summed E-state index contributed by atoms with van der Waals surface area (Å²) in [5.74, 6) is -3.24. The number of rotatable bonds is 10. The van der Waals surface area contributed by atoms with E-state index in [1.807, 2.05) is 17.5 Å². The van der Waals surface area contributed by atoms with Gasteiger partial charge in [0, 0.05) is 23.9 Å². The number of carboxylic acid groups (broad SMARTS) is 1. The minimum Gasteiger partial charge on any atom is -0.481 e. The largest absolute Gasteiger partial charge is 0.481 e. The molecular formula is C21H30N4O6S. The Kier molecular flexibility index (Phi) is 9.18. The number of hydrogen-bond donors (Lipinski definition) is 4. The van der Waals surface area contributed by atoms with Crippen molar-refractivity contribution in [1.29, 1.82) is 0 Å². The maximum atomic E-state index is 13.0. The Labute approximate surface area is 190 Å². The first-order valence-corrected chi connectivity index (χ1v) is 11.4. The number of nitrogens with zero attached hydrogens (tertiary/aromatic N) is 1. The van der Waals surface area contributed by atoms with E-state index in [1.165, 1.54) is 16.2 Å². The number of likely N-dealkylation sites (tertiary alicyclic amines) is 1. The molecule has 1 aliphatic heterocycles. The summed E-state index contributed by atoms with van der Waals surface area (Å²) < 4.78 is 0. The Morgan fingerprint density at radius 3 is 2.53 bits per heavy atom. The lowest BCUT2D eigenvalue weighted by Gasteiger charge is -2.39. The molecule has 0 aromatic carbocycles. The predicted octanol–water partition coefficient (Wildman–Crippen LogP) is 0.257. The minimum absolute atomic E-state index is 0.157. The molecule has 176 valence electrons. The van der Waals surface area contributed by atoms with Crippen LogP contribution in [0.3, 0.4) is 0 Å². The number of thiophene rings is 1. The highest BCUT2D eigenvalue weighted by molar-refractivity contribution is 7.10. The standard InChI is InChI=1S/C21H30N4O6S/c1-12(2)19(20(22)30)24-21(31)15-10-13(23-16(26)11-14-4-3-9-32-14)7-8-25(15)17(27)5-6-18(28)29/h3-4,9,12-13,15,19H,5-8,10-11H2,1-2H3,(H2,22,30)(H,23,26)(H,24,31)(H,28,29)/t13-,15+,19+/m0/s1. The van der Waals surface area contributed by atoms with Crippen LogP contribution in [0.1, 0.15) is 44.4 Å². The van der Waals surface area contributed by atoms with Crippen LogP contribution in [-0.4, -0.2) is 64.3 Å². The molecule has 32 heavy (non-hydrogen) atoms. The van der Waals surface area contributed by atoms with Gasteiger partial charge in [-0.1, -0.05) is 19.9 Å². The summed E-state index contributed by atoms with van der Waals surface area (Å²) in [6.07, 6.45) is 0.231. The molecule has 10 nitrogen and oxygen atoms in total. The molecule has 11 heteroatoms. The van der Waals surface area contributed by atoms with E-state index in [0.717, 1.165) is 4.88 Å². The third-order valence-corrected chi connectivity index (χ3v) is 6.21. The molecule has 1 aromatic heterocycles. The van der Waals surface area contributed by atoms with Crippen LogP contribution in [-0.2, 0) is 30.4 Å². The zero-order chi connectivity index (χ0) is 23.8. The molecule has 1 saturated heterocycles. The first kappa shape index (κ1) is 25.3. The van der Waals surface area contributed by atoms with Gasteiger partial charge in [0.1, 0.15) is 12.1 Å². The van der Waals surface area contributed by atoms with Gasteiger partial charge in [-0.05, 0) is 30.2 Å². The fraction of sp³-hybridized carbons (Fsp3) is 0.571. The Morgan fingerprint density at radius 2 is 1.97 bits per heavy atom. The fourth-order valence-corrected chi connectivity index (χ4v) is 4.37. The van der Waals surface area contributed by atoms with E-state index >= 15 is 0 Å². The fourth-order valence-electron chi connectivity index (χ4n) is 3.67. The van der Waals surface area contributed by atoms with E-state index in [1.54, 1.807) is 13.8 Å². The zero-order valence-corrected chi connectivity index (χ0v) is 19.0. The van der Waals surface area contributed by atoms with Crippen LogP contribution in [0.4, 0.5) is 0 Å². The summed E-state index contributed by atoms with van der Waals surface area (Å²) in [5, 5.41) is 16.3. The van der Waals surface area contributed by atoms with Crippen molar-refractivity contribution in [1.82, 2.24) is 15.5 Å². The molecule has 1 fully saturated rings. The normalized spacial score (nSPS) is 19.3. The molecular weight excluding hydrogens is 436 g/mol. The number of carboxylic acids is 1. The number of nitrogens with two attached hydrogens (primary N) is 1. The highest BCUT2D eigenvalue weighted by Gasteiger charge is 2.38. The average molecular weight is 467 g/mol. The first-order valence-electron chi connectivity index (χ1n) is 10.5. The molecule has 0 radical (unpaired) electrons. The molecule has 0 saturated carbocycles. The molecule has 2 heterocycles. The van der Waals surface area contributed by atoms with Crippen molar-refractivity contribution in [2.75, 3.05) is 6.54 Å². The third-order valence-electron chi connectivity index (χ3n) is 5.33. The first-order chi connectivity index (χ1) is 15.1. The second-order valence-electron chi connectivity index (χ2n) is 8.17. The van der Waals surface area contributed by atoms with Crippen molar-refractivity contribution >= 4 is 40.9 Å².